The van der Waals surface area contributed by atoms with Crippen LogP contribution < -0.4 is 0 Å². The number of carbonyl (C=O) groups is 2. The summed E-state index contributed by atoms with van der Waals surface area (Å²) in [5, 5.41) is 0. The number of rotatable bonds is 3. The first-order valence-corrected chi connectivity index (χ1v) is 10.1. The van der Waals surface area contributed by atoms with Gasteiger partial charge in [0, 0.05) is 6.42 Å². The minimum absolute atomic E-state index is 0.181. The van der Waals surface area contributed by atoms with Crippen LogP contribution in [0.15, 0.2) is 54.6 Å². The third-order valence-corrected chi connectivity index (χ3v) is 4.37. The molecule has 3 rings (SSSR count). The Balaban J connectivity index is 0.00000145. The van der Waals surface area contributed by atoms with E-state index in [2.05, 4.69) is 0 Å². The fourth-order valence-electron chi connectivity index (χ4n) is 3.07. The van der Waals surface area contributed by atoms with E-state index in [0.29, 0.717) is 13.0 Å². The number of fused-ring (bicyclic) bond motifs is 1. The van der Waals surface area contributed by atoms with Gasteiger partial charge in [-0.15, -0.1) is 0 Å². The maximum absolute atomic E-state index is 12.8. The lowest BCUT2D eigenvalue weighted by Gasteiger charge is -2.36. The van der Waals surface area contributed by atoms with E-state index in [4.69, 9.17) is 9.47 Å². The van der Waals surface area contributed by atoms with E-state index in [9.17, 15) is 9.59 Å². The molecule has 1 atom stereocenters. The van der Waals surface area contributed by atoms with Gasteiger partial charge in [-0.05, 0) is 37.5 Å². The van der Waals surface area contributed by atoms with Crippen LogP contribution in [0.25, 0.3) is 0 Å². The van der Waals surface area contributed by atoms with Gasteiger partial charge in [0.1, 0.15) is 18.2 Å². The predicted molar refractivity (Wildman–Crippen MR) is 113 cm³/mol. The SMILES string of the molecule is CC.CC(C)(C)OC(=O)N1Cc2ccccc2CC1C(=O)OCc1ccccc1. The van der Waals surface area contributed by atoms with Gasteiger partial charge in [-0.1, -0.05) is 68.4 Å². The first-order chi connectivity index (χ1) is 13.8. The highest BCUT2D eigenvalue weighted by molar-refractivity contribution is 5.82. The highest BCUT2D eigenvalue weighted by Gasteiger charge is 2.37. The van der Waals surface area contributed by atoms with Gasteiger partial charge < -0.3 is 9.47 Å². The second kappa shape index (κ2) is 10.1. The molecule has 0 fully saturated rings. The minimum atomic E-state index is -0.696. The molecule has 156 valence electrons. The van der Waals surface area contributed by atoms with Gasteiger partial charge in [-0.2, -0.15) is 0 Å². The summed E-state index contributed by atoms with van der Waals surface area (Å²) < 4.78 is 11.0. The summed E-state index contributed by atoms with van der Waals surface area (Å²) >= 11 is 0. The molecule has 29 heavy (non-hydrogen) atoms. The fraction of sp³-hybridized carbons (Fsp3) is 0.417. The predicted octanol–water partition coefficient (Wildman–Crippen LogP) is 5.12. The van der Waals surface area contributed by atoms with E-state index >= 15 is 0 Å². The smallest absolute Gasteiger partial charge is 0.411 e. The zero-order valence-corrected chi connectivity index (χ0v) is 18.0. The van der Waals surface area contributed by atoms with Crippen molar-refractivity contribution in [1.82, 2.24) is 4.90 Å². The molecular weight excluding hydrogens is 366 g/mol. The fourth-order valence-corrected chi connectivity index (χ4v) is 3.07. The zero-order chi connectivity index (χ0) is 21.4. The Kier molecular flexibility index (Phi) is 7.82. The van der Waals surface area contributed by atoms with Crippen LogP contribution in [-0.2, 0) is 33.8 Å². The van der Waals surface area contributed by atoms with Crippen molar-refractivity contribution in [3.05, 3.63) is 71.3 Å². The molecule has 1 unspecified atom stereocenters. The van der Waals surface area contributed by atoms with Gasteiger partial charge in [-0.3, -0.25) is 4.90 Å². The Bertz CT molecular complexity index is 811. The van der Waals surface area contributed by atoms with E-state index < -0.39 is 23.7 Å². The van der Waals surface area contributed by atoms with E-state index in [-0.39, 0.29) is 6.61 Å². The highest BCUT2D eigenvalue weighted by Crippen LogP contribution is 2.26. The summed E-state index contributed by atoms with van der Waals surface area (Å²) in [7, 11) is 0. The molecule has 0 saturated carbocycles. The molecule has 1 aliphatic rings. The minimum Gasteiger partial charge on any atom is -0.459 e. The normalized spacial score (nSPS) is 15.5. The second-order valence-corrected chi connectivity index (χ2v) is 7.69. The quantitative estimate of drug-likeness (QED) is 0.675. The standard InChI is InChI=1S/C22H25NO4.C2H6/c1-22(2,3)27-21(25)23-14-18-12-8-7-11-17(18)13-19(23)20(24)26-15-16-9-5-4-6-10-16;1-2/h4-12,19H,13-15H2,1-3H3;1-2H3. The van der Waals surface area contributed by atoms with Crippen molar-refractivity contribution in [2.75, 3.05) is 0 Å². The lowest BCUT2D eigenvalue weighted by atomic mass is 9.94. The van der Waals surface area contributed by atoms with Crippen molar-refractivity contribution >= 4 is 12.1 Å². The molecule has 0 spiro atoms. The molecule has 0 saturated heterocycles. The zero-order valence-electron chi connectivity index (χ0n) is 18.0. The van der Waals surface area contributed by atoms with Gasteiger partial charge in [0.2, 0.25) is 0 Å². The molecule has 5 nitrogen and oxygen atoms in total. The van der Waals surface area contributed by atoms with Gasteiger partial charge in [0.25, 0.3) is 0 Å². The highest BCUT2D eigenvalue weighted by atomic mass is 16.6. The van der Waals surface area contributed by atoms with Gasteiger partial charge >= 0.3 is 12.1 Å². The Labute approximate surface area is 173 Å². The van der Waals surface area contributed by atoms with E-state index in [1.54, 1.807) is 0 Å². The number of esters is 1. The first-order valence-electron chi connectivity index (χ1n) is 10.1. The van der Waals surface area contributed by atoms with Crippen LogP contribution in [0.5, 0.6) is 0 Å². The molecule has 5 heteroatoms. The van der Waals surface area contributed by atoms with E-state index in [1.165, 1.54) is 4.90 Å². The van der Waals surface area contributed by atoms with Gasteiger partial charge in [0.05, 0.1) is 6.54 Å². The molecule has 2 aromatic carbocycles. The summed E-state index contributed by atoms with van der Waals surface area (Å²) in [4.78, 5) is 27.0. The molecule has 0 radical (unpaired) electrons. The summed E-state index contributed by atoms with van der Waals surface area (Å²) in [5.74, 6) is -0.417. The van der Waals surface area contributed by atoms with Crippen molar-refractivity contribution in [3.63, 3.8) is 0 Å². The van der Waals surface area contributed by atoms with E-state index in [0.717, 1.165) is 16.7 Å². The first kappa shape index (κ1) is 22.5. The molecule has 1 aliphatic heterocycles. The van der Waals surface area contributed by atoms with Crippen LogP contribution in [0, 0.1) is 0 Å². The number of nitrogens with zero attached hydrogens (tertiary/aromatic N) is 1. The van der Waals surface area contributed by atoms with E-state index in [1.807, 2.05) is 89.2 Å². The van der Waals surface area contributed by atoms with Gasteiger partial charge in [0.15, 0.2) is 0 Å². The summed E-state index contributed by atoms with van der Waals surface area (Å²) in [6.07, 6.45) is -0.0816. The lowest BCUT2D eigenvalue weighted by molar-refractivity contribution is -0.151. The molecule has 1 heterocycles. The Morgan fingerprint density at radius 1 is 0.966 bits per heavy atom. The van der Waals surface area contributed by atoms with Gasteiger partial charge in [-0.25, -0.2) is 9.59 Å². The van der Waals surface area contributed by atoms with Crippen LogP contribution in [-0.4, -0.2) is 28.6 Å². The van der Waals surface area contributed by atoms with Crippen molar-refractivity contribution in [2.24, 2.45) is 0 Å². The Hall–Kier alpha value is -2.82. The van der Waals surface area contributed by atoms with Crippen LogP contribution in [0.2, 0.25) is 0 Å². The molecule has 0 aliphatic carbocycles. The average molecular weight is 398 g/mol. The topological polar surface area (TPSA) is 55.8 Å². The number of carbonyl (C=O) groups excluding carboxylic acids is 2. The van der Waals surface area contributed by atoms with Crippen molar-refractivity contribution in [1.29, 1.82) is 0 Å². The molecule has 0 aromatic heterocycles. The van der Waals surface area contributed by atoms with Crippen LogP contribution in [0.4, 0.5) is 4.79 Å². The largest absolute Gasteiger partial charge is 0.459 e. The number of benzene rings is 2. The molecule has 2 aromatic rings. The summed E-state index contributed by atoms with van der Waals surface area (Å²) in [6.45, 7) is 9.94. The average Bonchev–Trinajstić information content (AvgIpc) is 2.72. The third kappa shape index (κ3) is 6.34. The maximum atomic E-state index is 12.8. The van der Waals surface area contributed by atoms with Crippen molar-refractivity contribution < 1.29 is 19.1 Å². The summed E-state index contributed by atoms with van der Waals surface area (Å²) in [6, 6.07) is 16.6. The number of hydrogen-bond acceptors (Lipinski definition) is 4. The van der Waals surface area contributed by atoms with Crippen molar-refractivity contribution in [2.45, 2.75) is 65.8 Å². The molecular formula is C24H31NO4. The molecule has 0 N–H and O–H groups in total. The Morgan fingerprint density at radius 2 is 1.55 bits per heavy atom. The molecule has 1 amide bonds. The number of amides is 1. The molecule has 0 bridgehead atoms. The van der Waals surface area contributed by atoms with Crippen molar-refractivity contribution in [3.8, 4) is 0 Å². The van der Waals surface area contributed by atoms with Crippen LogP contribution >= 0.6 is 0 Å². The number of ether oxygens (including phenoxy) is 2. The Morgan fingerprint density at radius 3 is 2.17 bits per heavy atom. The maximum Gasteiger partial charge on any atom is 0.411 e. The lowest BCUT2D eigenvalue weighted by Crippen LogP contribution is -2.50. The van der Waals surface area contributed by atoms with Crippen LogP contribution in [0.3, 0.4) is 0 Å². The number of hydrogen-bond donors (Lipinski definition) is 0. The third-order valence-electron chi connectivity index (χ3n) is 4.37. The second-order valence-electron chi connectivity index (χ2n) is 7.69. The summed E-state index contributed by atoms with van der Waals surface area (Å²) in [5.41, 5.74) is 2.35. The monoisotopic (exact) mass is 397 g/mol. The van der Waals surface area contributed by atoms with Crippen LogP contribution in [0.1, 0.15) is 51.3 Å².